The molecular formula is C15H21NO3. The van der Waals surface area contributed by atoms with Crippen molar-refractivity contribution in [3.8, 4) is 11.5 Å². The third-order valence-electron chi connectivity index (χ3n) is 4.00. The highest BCUT2D eigenvalue weighted by Gasteiger charge is 2.37. The summed E-state index contributed by atoms with van der Waals surface area (Å²) < 4.78 is 11.1. The van der Waals surface area contributed by atoms with E-state index in [0.29, 0.717) is 13.2 Å². The van der Waals surface area contributed by atoms with Gasteiger partial charge in [-0.15, -0.1) is 0 Å². The van der Waals surface area contributed by atoms with E-state index in [1.807, 2.05) is 6.07 Å². The Balaban J connectivity index is 1.76. The number of nitrogens with zero attached hydrogens (tertiary/aromatic N) is 1. The van der Waals surface area contributed by atoms with Crippen LogP contribution in [-0.4, -0.2) is 41.4 Å². The first-order valence-electron chi connectivity index (χ1n) is 6.86. The van der Waals surface area contributed by atoms with Crippen molar-refractivity contribution in [1.29, 1.82) is 0 Å². The summed E-state index contributed by atoms with van der Waals surface area (Å²) in [5, 5.41) is 9.82. The molecule has 4 heteroatoms. The van der Waals surface area contributed by atoms with E-state index < -0.39 is 0 Å². The number of hydrogen-bond donors (Lipinski definition) is 1. The van der Waals surface area contributed by atoms with Gasteiger partial charge < -0.3 is 14.6 Å². The van der Waals surface area contributed by atoms with Crippen molar-refractivity contribution in [3.63, 3.8) is 0 Å². The maximum atomic E-state index is 9.82. The molecule has 1 fully saturated rings. The van der Waals surface area contributed by atoms with Crippen molar-refractivity contribution in [2.45, 2.75) is 38.5 Å². The highest BCUT2D eigenvalue weighted by atomic mass is 16.6. The van der Waals surface area contributed by atoms with E-state index in [9.17, 15) is 5.11 Å². The van der Waals surface area contributed by atoms with Gasteiger partial charge in [0, 0.05) is 18.6 Å². The lowest BCUT2D eigenvalue weighted by Crippen LogP contribution is -2.37. The fraction of sp³-hybridized carbons (Fsp3) is 0.600. The number of rotatable bonds is 2. The van der Waals surface area contributed by atoms with E-state index in [0.717, 1.165) is 31.0 Å². The molecule has 1 atom stereocenters. The van der Waals surface area contributed by atoms with Gasteiger partial charge in [-0.05, 0) is 38.0 Å². The van der Waals surface area contributed by atoms with Gasteiger partial charge in [-0.2, -0.15) is 0 Å². The van der Waals surface area contributed by atoms with Crippen LogP contribution in [0.2, 0.25) is 0 Å². The van der Waals surface area contributed by atoms with Crippen LogP contribution in [0.15, 0.2) is 18.2 Å². The summed E-state index contributed by atoms with van der Waals surface area (Å²) in [5.41, 5.74) is 1.25. The predicted molar refractivity (Wildman–Crippen MR) is 72.5 cm³/mol. The van der Waals surface area contributed by atoms with Gasteiger partial charge in [0.15, 0.2) is 11.5 Å². The summed E-state index contributed by atoms with van der Waals surface area (Å²) in [6.45, 7) is 7.17. The van der Waals surface area contributed by atoms with Gasteiger partial charge in [-0.3, -0.25) is 4.90 Å². The number of aliphatic hydroxyl groups is 1. The van der Waals surface area contributed by atoms with Gasteiger partial charge in [0.25, 0.3) is 0 Å². The monoisotopic (exact) mass is 263 g/mol. The number of benzene rings is 1. The SMILES string of the molecule is CC1(C)CC(O)CN1Cc1ccc2c(c1)OCCO2. The Morgan fingerprint density at radius 2 is 2.00 bits per heavy atom. The van der Waals surface area contributed by atoms with Crippen LogP contribution >= 0.6 is 0 Å². The smallest absolute Gasteiger partial charge is 0.161 e. The molecule has 1 aromatic rings. The number of likely N-dealkylation sites (tertiary alicyclic amines) is 1. The standard InChI is InChI=1S/C15H21NO3/c1-15(2)8-12(17)10-16(15)9-11-3-4-13-14(7-11)19-6-5-18-13/h3-4,7,12,17H,5-6,8-10H2,1-2H3. The Hall–Kier alpha value is -1.26. The Morgan fingerprint density at radius 3 is 2.68 bits per heavy atom. The second-order valence-corrected chi connectivity index (χ2v) is 6.03. The fourth-order valence-corrected chi connectivity index (χ4v) is 2.96. The molecule has 2 aliphatic rings. The highest BCUT2D eigenvalue weighted by Crippen LogP contribution is 2.34. The van der Waals surface area contributed by atoms with Crippen LogP contribution in [0.25, 0.3) is 0 Å². The fourth-order valence-electron chi connectivity index (χ4n) is 2.96. The Morgan fingerprint density at radius 1 is 1.26 bits per heavy atom. The van der Waals surface area contributed by atoms with E-state index in [4.69, 9.17) is 9.47 Å². The molecule has 0 aliphatic carbocycles. The number of hydrogen-bond acceptors (Lipinski definition) is 4. The number of aliphatic hydroxyl groups excluding tert-OH is 1. The zero-order valence-corrected chi connectivity index (χ0v) is 11.6. The summed E-state index contributed by atoms with van der Waals surface area (Å²) in [6, 6.07) is 6.10. The normalized spacial score (nSPS) is 25.5. The van der Waals surface area contributed by atoms with E-state index in [1.165, 1.54) is 5.56 Å². The van der Waals surface area contributed by atoms with Gasteiger partial charge >= 0.3 is 0 Å². The zero-order chi connectivity index (χ0) is 13.5. The average Bonchev–Trinajstić information content (AvgIpc) is 2.62. The van der Waals surface area contributed by atoms with Crippen LogP contribution in [0, 0.1) is 0 Å². The quantitative estimate of drug-likeness (QED) is 0.883. The van der Waals surface area contributed by atoms with Gasteiger partial charge in [0.2, 0.25) is 0 Å². The molecule has 2 heterocycles. The largest absolute Gasteiger partial charge is 0.486 e. The molecule has 0 bridgehead atoms. The maximum absolute atomic E-state index is 9.82. The van der Waals surface area contributed by atoms with Gasteiger partial charge in [-0.25, -0.2) is 0 Å². The molecule has 1 N–H and O–H groups in total. The molecule has 1 unspecified atom stereocenters. The Labute approximate surface area is 113 Å². The molecule has 0 amide bonds. The molecule has 1 saturated heterocycles. The molecule has 2 aliphatic heterocycles. The molecule has 3 rings (SSSR count). The number of β-amino-alcohol motifs (C(OH)–C–C–N with tert-alkyl or cyclic N) is 1. The van der Waals surface area contributed by atoms with Crippen LogP contribution in [0.5, 0.6) is 11.5 Å². The van der Waals surface area contributed by atoms with Crippen molar-refractivity contribution in [2.24, 2.45) is 0 Å². The first-order chi connectivity index (χ1) is 9.04. The topological polar surface area (TPSA) is 41.9 Å². The van der Waals surface area contributed by atoms with E-state index >= 15 is 0 Å². The van der Waals surface area contributed by atoms with E-state index in [1.54, 1.807) is 0 Å². The zero-order valence-electron chi connectivity index (χ0n) is 11.6. The Kier molecular flexibility index (Phi) is 3.15. The van der Waals surface area contributed by atoms with Crippen molar-refractivity contribution in [3.05, 3.63) is 23.8 Å². The number of fused-ring (bicyclic) bond motifs is 1. The summed E-state index contributed by atoms with van der Waals surface area (Å²) in [7, 11) is 0. The van der Waals surface area contributed by atoms with E-state index in [2.05, 4.69) is 30.9 Å². The first-order valence-corrected chi connectivity index (χ1v) is 6.86. The minimum Gasteiger partial charge on any atom is -0.486 e. The average molecular weight is 263 g/mol. The lowest BCUT2D eigenvalue weighted by molar-refractivity contribution is 0.154. The summed E-state index contributed by atoms with van der Waals surface area (Å²) in [6.07, 6.45) is 0.615. The molecule has 0 saturated carbocycles. The lowest BCUT2D eigenvalue weighted by Gasteiger charge is -2.31. The molecule has 0 radical (unpaired) electrons. The molecule has 104 valence electrons. The minimum absolute atomic E-state index is 0.0483. The highest BCUT2D eigenvalue weighted by molar-refractivity contribution is 5.43. The summed E-state index contributed by atoms with van der Waals surface area (Å²) in [4.78, 5) is 2.32. The van der Waals surface area contributed by atoms with Crippen LogP contribution in [0.3, 0.4) is 0 Å². The predicted octanol–water partition coefficient (Wildman–Crippen LogP) is 1.80. The molecule has 0 aromatic heterocycles. The summed E-state index contributed by atoms with van der Waals surface area (Å²) >= 11 is 0. The summed E-state index contributed by atoms with van der Waals surface area (Å²) in [5.74, 6) is 1.66. The second-order valence-electron chi connectivity index (χ2n) is 6.03. The second kappa shape index (κ2) is 4.69. The van der Waals surface area contributed by atoms with Gasteiger partial charge in [0.05, 0.1) is 6.10 Å². The van der Waals surface area contributed by atoms with Crippen molar-refractivity contribution in [2.75, 3.05) is 19.8 Å². The molecular weight excluding hydrogens is 242 g/mol. The van der Waals surface area contributed by atoms with Crippen LogP contribution < -0.4 is 9.47 Å². The van der Waals surface area contributed by atoms with Crippen molar-refractivity contribution >= 4 is 0 Å². The maximum Gasteiger partial charge on any atom is 0.161 e. The van der Waals surface area contributed by atoms with Crippen molar-refractivity contribution < 1.29 is 14.6 Å². The Bertz CT molecular complexity index is 472. The molecule has 19 heavy (non-hydrogen) atoms. The van der Waals surface area contributed by atoms with Crippen LogP contribution in [0.4, 0.5) is 0 Å². The van der Waals surface area contributed by atoms with Gasteiger partial charge in [-0.1, -0.05) is 6.07 Å². The third kappa shape index (κ3) is 2.55. The number of ether oxygens (including phenoxy) is 2. The van der Waals surface area contributed by atoms with E-state index in [-0.39, 0.29) is 11.6 Å². The molecule has 1 aromatic carbocycles. The van der Waals surface area contributed by atoms with Crippen LogP contribution in [0.1, 0.15) is 25.8 Å². The first kappa shape index (κ1) is 12.8. The van der Waals surface area contributed by atoms with Crippen molar-refractivity contribution in [1.82, 2.24) is 4.90 Å². The van der Waals surface area contributed by atoms with Crippen LogP contribution in [-0.2, 0) is 6.54 Å². The molecule has 4 nitrogen and oxygen atoms in total. The minimum atomic E-state index is -0.216. The third-order valence-corrected chi connectivity index (χ3v) is 4.00. The van der Waals surface area contributed by atoms with Gasteiger partial charge in [0.1, 0.15) is 13.2 Å². The molecule has 0 spiro atoms. The lowest BCUT2D eigenvalue weighted by atomic mass is 10.0.